The van der Waals surface area contributed by atoms with Crippen molar-refractivity contribution in [3.05, 3.63) is 5.92 Å². The van der Waals surface area contributed by atoms with E-state index in [2.05, 4.69) is 34.6 Å². The number of hydrogen-bond donors (Lipinski definition) is 0. The van der Waals surface area contributed by atoms with Crippen molar-refractivity contribution < 1.29 is 0 Å². The molecule has 0 aromatic heterocycles. The maximum absolute atomic E-state index is 2.42. The molecule has 0 bridgehead atoms. The van der Waals surface area contributed by atoms with Crippen molar-refractivity contribution in [1.82, 2.24) is 0 Å². The predicted octanol–water partition coefficient (Wildman–Crippen LogP) is 6.40. The number of unbranched alkanes of at least 4 members (excludes halogenated alkanes) is 4. The van der Waals surface area contributed by atoms with Crippen LogP contribution >= 0.6 is 0 Å². The molecule has 0 heteroatoms. The van der Waals surface area contributed by atoms with Crippen molar-refractivity contribution in [3.8, 4) is 0 Å². The summed E-state index contributed by atoms with van der Waals surface area (Å²) in [6.07, 6.45) is 12.6. The molecule has 0 nitrogen and oxygen atoms in total. The summed E-state index contributed by atoms with van der Waals surface area (Å²) in [5, 5.41) is 0. The fourth-order valence-corrected chi connectivity index (χ4v) is 2.33. The van der Waals surface area contributed by atoms with E-state index in [4.69, 9.17) is 0 Å². The summed E-state index contributed by atoms with van der Waals surface area (Å²) < 4.78 is 0. The van der Waals surface area contributed by atoms with Crippen LogP contribution in [0.5, 0.6) is 0 Å². The van der Waals surface area contributed by atoms with Crippen LogP contribution in [0.4, 0.5) is 0 Å². The molecule has 0 amide bonds. The zero-order chi connectivity index (χ0) is 13.1. The van der Waals surface area contributed by atoms with Crippen LogP contribution in [0.15, 0.2) is 0 Å². The minimum Gasteiger partial charge on any atom is -0.0654 e. The molecule has 0 heterocycles. The van der Waals surface area contributed by atoms with Crippen LogP contribution in [0.2, 0.25) is 0 Å². The lowest BCUT2D eigenvalue weighted by atomic mass is 9.86. The highest BCUT2D eigenvalue weighted by Crippen LogP contribution is 2.25. The van der Waals surface area contributed by atoms with Gasteiger partial charge in [0, 0.05) is 0 Å². The predicted molar refractivity (Wildman–Crippen MR) is 80.1 cm³/mol. The molecule has 103 valence electrons. The van der Waals surface area contributed by atoms with Gasteiger partial charge < -0.3 is 0 Å². The van der Waals surface area contributed by atoms with Gasteiger partial charge in [-0.2, -0.15) is 0 Å². The van der Waals surface area contributed by atoms with Gasteiger partial charge in [-0.15, -0.1) is 0 Å². The minimum atomic E-state index is 0.851. The third-order valence-corrected chi connectivity index (χ3v) is 3.93. The molecule has 0 aromatic carbocycles. The highest BCUT2D eigenvalue weighted by molar-refractivity contribution is 4.89. The molecule has 0 saturated carbocycles. The lowest BCUT2D eigenvalue weighted by Gasteiger charge is -2.19. The molecule has 0 saturated heterocycles. The molecule has 0 aliphatic heterocycles. The monoisotopic (exact) mass is 239 g/mol. The molecule has 0 rings (SSSR count). The molecule has 1 unspecified atom stereocenters. The van der Waals surface area contributed by atoms with Crippen molar-refractivity contribution in [2.45, 2.75) is 92.4 Å². The second-order valence-electron chi connectivity index (χ2n) is 6.24. The second kappa shape index (κ2) is 11.1. The molecular weight excluding hydrogens is 204 g/mol. The molecule has 0 N–H and O–H groups in total. The van der Waals surface area contributed by atoms with Crippen LogP contribution in [0.3, 0.4) is 0 Å². The summed E-state index contributed by atoms with van der Waals surface area (Å²) in [5.41, 5.74) is 0. The van der Waals surface area contributed by atoms with E-state index in [1.807, 2.05) is 0 Å². The third kappa shape index (κ3) is 10.9. The number of hydrogen-bond acceptors (Lipinski definition) is 0. The Morgan fingerprint density at radius 1 is 0.824 bits per heavy atom. The molecule has 0 fully saturated rings. The maximum Gasteiger partial charge on any atom is -0.0244 e. The first-order valence-corrected chi connectivity index (χ1v) is 7.90. The standard InChI is InChI=1S/C17H35/c1-6-7-8-9-13-16(4)17(5)14-11-10-12-15(2)3/h15,17H,6-14H2,1-5H3. The van der Waals surface area contributed by atoms with E-state index in [9.17, 15) is 0 Å². The van der Waals surface area contributed by atoms with Crippen molar-refractivity contribution in [2.24, 2.45) is 11.8 Å². The zero-order valence-electron chi connectivity index (χ0n) is 13.0. The van der Waals surface area contributed by atoms with Crippen molar-refractivity contribution in [3.63, 3.8) is 0 Å². The van der Waals surface area contributed by atoms with Gasteiger partial charge >= 0.3 is 0 Å². The lowest BCUT2D eigenvalue weighted by Crippen LogP contribution is -2.06. The van der Waals surface area contributed by atoms with Gasteiger partial charge in [0.25, 0.3) is 0 Å². The van der Waals surface area contributed by atoms with E-state index in [-0.39, 0.29) is 0 Å². The van der Waals surface area contributed by atoms with E-state index >= 15 is 0 Å². The summed E-state index contributed by atoms with van der Waals surface area (Å²) in [7, 11) is 0. The molecule has 1 atom stereocenters. The van der Waals surface area contributed by atoms with Gasteiger partial charge in [-0.1, -0.05) is 86.0 Å². The van der Waals surface area contributed by atoms with Gasteiger partial charge in [-0.25, -0.2) is 0 Å². The Morgan fingerprint density at radius 2 is 1.47 bits per heavy atom. The minimum absolute atomic E-state index is 0.851. The molecule has 0 spiro atoms. The topological polar surface area (TPSA) is 0 Å². The normalized spacial score (nSPS) is 13.6. The van der Waals surface area contributed by atoms with Crippen molar-refractivity contribution in [2.75, 3.05) is 0 Å². The molecule has 0 aliphatic rings. The summed E-state index contributed by atoms with van der Waals surface area (Å²) in [5.74, 6) is 3.47. The van der Waals surface area contributed by atoms with Gasteiger partial charge in [0.1, 0.15) is 0 Å². The fraction of sp³-hybridized carbons (Fsp3) is 0.941. The summed E-state index contributed by atoms with van der Waals surface area (Å²) in [6.45, 7) is 11.7. The highest BCUT2D eigenvalue weighted by atomic mass is 14.2. The van der Waals surface area contributed by atoms with E-state index < -0.39 is 0 Å². The lowest BCUT2D eigenvalue weighted by molar-refractivity contribution is 0.451. The zero-order valence-corrected chi connectivity index (χ0v) is 13.0. The highest BCUT2D eigenvalue weighted by Gasteiger charge is 2.11. The Bertz CT molecular complexity index is 148. The van der Waals surface area contributed by atoms with Gasteiger partial charge in [0.05, 0.1) is 0 Å². The Kier molecular flexibility index (Phi) is 11.1. The largest absolute Gasteiger partial charge is 0.0654 e. The quantitative estimate of drug-likeness (QED) is 0.366. The van der Waals surface area contributed by atoms with E-state index in [1.54, 1.807) is 5.92 Å². The Morgan fingerprint density at radius 3 is 2.06 bits per heavy atom. The maximum atomic E-state index is 2.42. The van der Waals surface area contributed by atoms with E-state index in [0.29, 0.717) is 0 Å². The average Bonchev–Trinajstić information content (AvgIpc) is 2.29. The molecule has 17 heavy (non-hydrogen) atoms. The van der Waals surface area contributed by atoms with Crippen LogP contribution in [0.25, 0.3) is 0 Å². The van der Waals surface area contributed by atoms with Gasteiger partial charge in [-0.05, 0) is 24.2 Å². The van der Waals surface area contributed by atoms with Crippen LogP contribution < -0.4 is 0 Å². The third-order valence-electron chi connectivity index (χ3n) is 3.93. The first-order valence-electron chi connectivity index (χ1n) is 7.90. The first-order chi connectivity index (χ1) is 8.07. The fourth-order valence-electron chi connectivity index (χ4n) is 2.33. The van der Waals surface area contributed by atoms with Crippen LogP contribution in [0, 0.1) is 17.8 Å². The Balaban J connectivity index is 3.43. The van der Waals surface area contributed by atoms with Crippen molar-refractivity contribution >= 4 is 0 Å². The van der Waals surface area contributed by atoms with Gasteiger partial charge in [0.15, 0.2) is 0 Å². The summed E-state index contributed by atoms with van der Waals surface area (Å²) in [4.78, 5) is 0. The van der Waals surface area contributed by atoms with E-state index in [1.165, 1.54) is 57.8 Å². The summed E-state index contributed by atoms with van der Waals surface area (Å²) >= 11 is 0. The first kappa shape index (κ1) is 17.0. The molecule has 1 radical (unpaired) electrons. The molecular formula is C17H35. The van der Waals surface area contributed by atoms with E-state index in [0.717, 1.165) is 11.8 Å². The SMILES string of the molecule is CCCCCC[C](C)C(C)CCCCC(C)C. The van der Waals surface area contributed by atoms with Gasteiger partial charge in [-0.3, -0.25) is 0 Å². The molecule has 0 aliphatic carbocycles. The van der Waals surface area contributed by atoms with Crippen molar-refractivity contribution in [1.29, 1.82) is 0 Å². The van der Waals surface area contributed by atoms with Crippen LogP contribution in [-0.2, 0) is 0 Å². The average molecular weight is 239 g/mol. The summed E-state index contributed by atoms with van der Waals surface area (Å²) in [6, 6.07) is 0. The Labute approximate surface area is 111 Å². The molecule has 0 aromatic rings. The van der Waals surface area contributed by atoms with Gasteiger partial charge in [0.2, 0.25) is 0 Å². The van der Waals surface area contributed by atoms with Crippen LogP contribution in [0.1, 0.15) is 92.4 Å². The smallest absolute Gasteiger partial charge is 0.0244 e. The Hall–Kier alpha value is 0. The number of rotatable bonds is 11. The van der Waals surface area contributed by atoms with Crippen LogP contribution in [-0.4, -0.2) is 0 Å². The second-order valence-corrected chi connectivity index (χ2v) is 6.24.